The van der Waals surface area contributed by atoms with Crippen molar-refractivity contribution in [1.82, 2.24) is 19.8 Å². The van der Waals surface area contributed by atoms with Crippen molar-refractivity contribution in [3.05, 3.63) is 10.6 Å². The van der Waals surface area contributed by atoms with Crippen molar-refractivity contribution in [2.75, 3.05) is 12.4 Å². The van der Waals surface area contributed by atoms with Gasteiger partial charge in [0.15, 0.2) is 4.34 Å². The molecule has 2 aromatic heterocycles. The zero-order valence-corrected chi connectivity index (χ0v) is 13.8. The Morgan fingerprint density at radius 3 is 2.71 bits per heavy atom. The Balaban J connectivity index is 1.99. The third kappa shape index (κ3) is 3.95. The number of methoxy groups -OCH3 is 1. The van der Waals surface area contributed by atoms with Gasteiger partial charge in [-0.2, -0.15) is 0 Å². The molecular formula is C10H11N5O3S3. The van der Waals surface area contributed by atoms with Crippen molar-refractivity contribution >= 4 is 51.6 Å². The van der Waals surface area contributed by atoms with Crippen molar-refractivity contribution in [3.8, 4) is 0 Å². The van der Waals surface area contributed by atoms with E-state index in [-0.39, 0.29) is 17.1 Å². The second-order valence-electron chi connectivity index (χ2n) is 3.80. The number of nitrogens with one attached hydrogen (secondary N) is 1. The van der Waals surface area contributed by atoms with Crippen LogP contribution in [0.5, 0.6) is 0 Å². The zero-order valence-electron chi connectivity index (χ0n) is 11.3. The van der Waals surface area contributed by atoms with Gasteiger partial charge in [0.1, 0.15) is 10.1 Å². The molecule has 21 heavy (non-hydrogen) atoms. The molecule has 8 nitrogen and oxygen atoms in total. The Morgan fingerprint density at radius 2 is 2.10 bits per heavy atom. The van der Waals surface area contributed by atoms with Crippen molar-refractivity contribution in [2.24, 2.45) is 0 Å². The topological polar surface area (TPSA) is 107 Å². The number of aromatic nitrogens is 4. The fraction of sp³-hybridized carbons (Fsp3) is 0.400. The van der Waals surface area contributed by atoms with Crippen LogP contribution in [0.4, 0.5) is 5.13 Å². The van der Waals surface area contributed by atoms with Crippen LogP contribution in [0.2, 0.25) is 0 Å². The summed E-state index contributed by atoms with van der Waals surface area (Å²) in [5.74, 6) is -0.664. The van der Waals surface area contributed by atoms with Crippen molar-refractivity contribution < 1.29 is 14.3 Å². The minimum atomic E-state index is -0.389. The first-order chi connectivity index (χ1) is 10.0. The molecule has 0 saturated heterocycles. The first-order valence-electron chi connectivity index (χ1n) is 5.69. The van der Waals surface area contributed by atoms with Gasteiger partial charge in [-0.05, 0) is 25.4 Å². The van der Waals surface area contributed by atoms with E-state index in [4.69, 9.17) is 0 Å². The van der Waals surface area contributed by atoms with Gasteiger partial charge >= 0.3 is 5.97 Å². The Labute approximate surface area is 132 Å². The maximum Gasteiger partial charge on any atom is 0.318 e. The van der Waals surface area contributed by atoms with Crippen molar-refractivity contribution in [3.63, 3.8) is 0 Å². The van der Waals surface area contributed by atoms with Gasteiger partial charge in [0.2, 0.25) is 5.13 Å². The van der Waals surface area contributed by atoms with Gasteiger partial charge in [-0.1, -0.05) is 27.6 Å². The van der Waals surface area contributed by atoms with Gasteiger partial charge in [-0.15, -0.1) is 15.3 Å². The molecule has 0 saturated carbocycles. The van der Waals surface area contributed by atoms with E-state index in [2.05, 4.69) is 29.8 Å². The maximum atomic E-state index is 12.0. The molecule has 0 bridgehead atoms. The van der Waals surface area contributed by atoms with Gasteiger partial charge in [-0.25, -0.2) is 0 Å². The van der Waals surface area contributed by atoms with Crippen LogP contribution in [0, 0.1) is 6.92 Å². The largest absolute Gasteiger partial charge is 0.468 e. The summed E-state index contributed by atoms with van der Waals surface area (Å²) in [6.45, 7) is 3.42. The lowest BCUT2D eigenvalue weighted by molar-refractivity contribution is -0.139. The van der Waals surface area contributed by atoms with Crippen LogP contribution in [0.15, 0.2) is 4.34 Å². The number of rotatable bonds is 5. The van der Waals surface area contributed by atoms with Crippen LogP contribution >= 0.6 is 34.6 Å². The summed E-state index contributed by atoms with van der Waals surface area (Å²) in [4.78, 5) is 23.7. The monoisotopic (exact) mass is 345 g/mol. The highest BCUT2D eigenvalue weighted by atomic mass is 32.2. The highest BCUT2D eigenvalue weighted by Gasteiger charge is 2.19. The number of thioether (sulfide) groups is 1. The first-order valence-corrected chi connectivity index (χ1v) is 8.16. The van der Waals surface area contributed by atoms with Crippen LogP contribution in [0.25, 0.3) is 0 Å². The van der Waals surface area contributed by atoms with Gasteiger partial charge in [0, 0.05) is 0 Å². The number of amides is 1. The fourth-order valence-corrected chi connectivity index (χ4v) is 3.74. The summed E-state index contributed by atoms with van der Waals surface area (Å²) in [7, 11) is 1.33. The minimum absolute atomic E-state index is 0.323. The molecule has 11 heteroatoms. The Morgan fingerprint density at radius 1 is 1.33 bits per heavy atom. The highest BCUT2D eigenvalue weighted by molar-refractivity contribution is 8.02. The summed E-state index contributed by atoms with van der Waals surface area (Å²) in [6.07, 6.45) is 0. The molecule has 112 valence electrons. The van der Waals surface area contributed by atoms with E-state index < -0.39 is 0 Å². The molecule has 2 aromatic rings. The number of carbonyl (C=O) groups excluding carboxylic acids is 2. The molecule has 2 heterocycles. The van der Waals surface area contributed by atoms with Gasteiger partial charge in [0.05, 0.1) is 12.8 Å². The molecule has 1 amide bonds. The second kappa shape index (κ2) is 6.91. The lowest BCUT2D eigenvalue weighted by Gasteiger charge is -2.04. The molecule has 0 fully saturated rings. The molecule has 0 aliphatic rings. The number of carbonyl (C=O) groups is 2. The molecule has 0 radical (unpaired) electrons. The normalized spacial score (nSPS) is 12.0. The number of nitrogens with zero attached hydrogens (tertiary/aromatic N) is 4. The Hall–Kier alpha value is -1.59. The standard InChI is InChI=1S/C10H11N5O3S3/c1-4-6(21-15-12-4)7(16)11-9-13-14-10(20-9)19-5(2)8(17)18-3/h5H,1-3H3,(H,11,13,16). The number of esters is 1. The second-order valence-corrected chi connectivity index (χ2v) is 7.12. The summed E-state index contributed by atoms with van der Waals surface area (Å²) in [5.41, 5.74) is 0.566. The molecule has 1 N–H and O–H groups in total. The first kappa shape index (κ1) is 15.8. The number of hydrogen-bond acceptors (Lipinski definition) is 10. The molecule has 1 unspecified atom stereocenters. The lowest BCUT2D eigenvalue weighted by atomic mass is 10.4. The number of hydrogen-bond donors (Lipinski definition) is 1. The smallest absolute Gasteiger partial charge is 0.318 e. The van der Waals surface area contributed by atoms with E-state index in [9.17, 15) is 9.59 Å². The average molecular weight is 345 g/mol. The van der Waals surface area contributed by atoms with E-state index in [1.165, 1.54) is 30.2 Å². The molecule has 0 aliphatic heterocycles. The quantitative estimate of drug-likeness (QED) is 0.495. The number of anilines is 1. The van der Waals surface area contributed by atoms with Gasteiger partial charge in [-0.3, -0.25) is 14.9 Å². The number of aryl methyl sites for hydroxylation is 1. The van der Waals surface area contributed by atoms with E-state index in [0.29, 0.717) is 20.0 Å². The van der Waals surface area contributed by atoms with Crippen LogP contribution in [-0.2, 0) is 9.53 Å². The average Bonchev–Trinajstić information content (AvgIpc) is 3.06. The van der Waals surface area contributed by atoms with Crippen LogP contribution in [0.3, 0.4) is 0 Å². The van der Waals surface area contributed by atoms with E-state index in [0.717, 1.165) is 11.5 Å². The predicted molar refractivity (Wildman–Crippen MR) is 79.8 cm³/mol. The summed E-state index contributed by atoms with van der Waals surface area (Å²) >= 11 is 3.43. The molecule has 2 rings (SSSR count). The Kier molecular flexibility index (Phi) is 5.20. The predicted octanol–water partition coefficient (Wildman–Crippen LogP) is 1.60. The Bertz CT molecular complexity index is 656. The maximum absolute atomic E-state index is 12.0. The zero-order chi connectivity index (χ0) is 15.4. The van der Waals surface area contributed by atoms with Gasteiger partial charge in [0.25, 0.3) is 5.91 Å². The van der Waals surface area contributed by atoms with Crippen molar-refractivity contribution in [2.45, 2.75) is 23.4 Å². The van der Waals surface area contributed by atoms with Crippen molar-refractivity contribution in [1.29, 1.82) is 0 Å². The molecule has 1 atom stereocenters. The molecule has 0 aliphatic carbocycles. The fourth-order valence-electron chi connectivity index (χ4n) is 1.27. The van der Waals surface area contributed by atoms with E-state index in [1.54, 1.807) is 13.8 Å². The number of ether oxygens (including phenoxy) is 1. The third-order valence-corrected chi connectivity index (χ3v) is 5.12. The van der Waals surface area contributed by atoms with Crippen LogP contribution in [-0.4, -0.2) is 44.0 Å². The third-order valence-electron chi connectivity index (χ3n) is 2.30. The van der Waals surface area contributed by atoms with Crippen LogP contribution in [0.1, 0.15) is 22.3 Å². The molecular weight excluding hydrogens is 334 g/mol. The van der Waals surface area contributed by atoms with Gasteiger partial charge < -0.3 is 4.74 Å². The molecule has 0 spiro atoms. The minimum Gasteiger partial charge on any atom is -0.468 e. The van der Waals surface area contributed by atoms with E-state index >= 15 is 0 Å². The SMILES string of the molecule is COC(=O)C(C)Sc1nnc(NC(=O)c2snnc2C)s1. The summed E-state index contributed by atoms with van der Waals surface area (Å²) in [5, 5.41) is 14.1. The van der Waals surface area contributed by atoms with Crippen LogP contribution < -0.4 is 5.32 Å². The summed E-state index contributed by atoms with van der Waals surface area (Å²) in [6, 6.07) is 0. The molecule has 0 aromatic carbocycles. The highest BCUT2D eigenvalue weighted by Crippen LogP contribution is 2.29. The lowest BCUT2D eigenvalue weighted by Crippen LogP contribution is -2.14. The summed E-state index contributed by atoms with van der Waals surface area (Å²) < 4.78 is 8.90. The van der Waals surface area contributed by atoms with E-state index in [1.807, 2.05) is 0 Å².